The second kappa shape index (κ2) is 9.88. The van der Waals surface area contributed by atoms with Gasteiger partial charge in [-0.25, -0.2) is 4.79 Å². The van der Waals surface area contributed by atoms with Crippen molar-refractivity contribution in [2.75, 3.05) is 26.1 Å². The molecule has 0 aromatic heterocycles. The second-order valence-electron chi connectivity index (χ2n) is 7.04. The molecular weight excluding hydrogens is 408 g/mol. The molecule has 2 aliphatic rings. The first-order chi connectivity index (χ1) is 14.5. The molecule has 0 spiro atoms. The van der Waals surface area contributed by atoms with Crippen LogP contribution in [0.15, 0.2) is 35.5 Å². The minimum Gasteiger partial charge on any atom is -0.497 e. The van der Waals surface area contributed by atoms with Crippen LogP contribution in [0.25, 0.3) is 0 Å². The zero-order valence-corrected chi connectivity index (χ0v) is 18.1. The van der Waals surface area contributed by atoms with E-state index in [0.717, 1.165) is 18.4 Å². The largest absolute Gasteiger partial charge is 0.497 e. The molecule has 8 nitrogen and oxygen atoms in total. The van der Waals surface area contributed by atoms with Gasteiger partial charge in [-0.15, -0.1) is 11.8 Å². The van der Waals surface area contributed by atoms with Crippen LogP contribution in [0.3, 0.4) is 0 Å². The van der Waals surface area contributed by atoms with E-state index < -0.39 is 17.9 Å². The van der Waals surface area contributed by atoms with Crippen molar-refractivity contribution in [3.05, 3.63) is 35.5 Å². The van der Waals surface area contributed by atoms with Crippen LogP contribution >= 0.6 is 11.8 Å². The Kier molecular flexibility index (Phi) is 7.25. The number of fused-ring (bicyclic) bond motifs is 1. The van der Waals surface area contributed by atoms with Crippen molar-refractivity contribution in [3.63, 3.8) is 0 Å². The summed E-state index contributed by atoms with van der Waals surface area (Å²) in [6.45, 7) is 3.95. The average Bonchev–Trinajstić information content (AvgIpc) is 2.76. The normalized spacial score (nSPS) is 20.2. The van der Waals surface area contributed by atoms with Gasteiger partial charge >= 0.3 is 5.97 Å². The summed E-state index contributed by atoms with van der Waals surface area (Å²) in [5, 5.41) is 2.39. The van der Waals surface area contributed by atoms with Crippen molar-refractivity contribution in [1.82, 2.24) is 10.2 Å². The summed E-state index contributed by atoms with van der Waals surface area (Å²) in [5.41, 5.74) is 1.11. The number of carbonyl (C=O) groups is 3. The molecule has 2 aliphatic heterocycles. The number of hydrogen-bond acceptors (Lipinski definition) is 7. The maximum absolute atomic E-state index is 12.7. The van der Waals surface area contributed by atoms with Gasteiger partial charge in [0.25, 0.3) is 11.8 Å². The number of benzene rings is 1. The number of nitrogens with zero attached hydrogens (tertiary/aromatic N) is 1. The molecule has 162 valence electrons. The number of carbonyl (C=O) groups excluding carboxylic acids is 3. The molecule has 2 atom stereocenters. The Morgan fingerprint density at radius 3 is 2.60 bits per heavy atom. The van der Waals surface area contributed by atoms with Gasteiger partial charge in [-0.2, -0.15) is 0 Å². The number of hydrogen-bond donors (Lipinski definition) is 1. The van der Waals surface area contributed by atoms with E-state index in [4.69, 9.17) is 14.2 Å². The SMILES string of the molecule is CCCCOC(=O)C1=C(C)CS[C@@H]2[C@H](NC(=O)COc3ccc(OC)cc3)C(=O)N12. The van der Waals surface area contributed by atoms with E-state index in [9.17, 15) is 14.4 Å². The van der Waals surface area contributed by atoms with E-state index >= 15 is 0 Å². The van der Waals surface area contributed by atoms with E-state index in [1.165, 1.54) is 16.7 Å². The molecule has 3 rings (SSSR count). The zero-order valence-electron chi connectivity index (χ0n) is 17.3. The van der Waals surface area contributed by atoms with Gasteiger partial charge in [-0.3, -0.25) is 14.5 Å². The molecule has 2 heterocycles. The molecule has 1 aromatic carbocycles. The third-order valence-corrected chi connectivity index (χ3v) is 6.25. The minimum absolute atomic E-state index is 0.214. The summed E-state index contributed by atoms with van der Waals surface area (Å²) in [6, 6.07) is 6.17. The maximum Gasteiger partial charge on any atom is 0.355 e. The van der Waals surface area contributed by atoms with Gasteiger partial charge in [0.15, 0.2) is 6.61 Å². The molecule has 0 saturated carbocycles. The van der Waals surface area contributed by atoms with E-state index in [0.29, 0.717) is 29.6 Å². The number of thioether (sulfide) groups is 1. The summed E-state index contributed by atoms with van der Waals surface area (Å²) in [7, 11) is 1.57. The van der Waals surface area contributed by atoms with Gasteiger partial charge in [-0.05, 0) is 43.2 Å². The second-order valence-corrected chi connectivity index (χ2v) is 8.14. The molecule has 1 aromatic rings. The number of β-lactam (4-membered cyclic amide) rings is 1. The molecule has 2 amide bonds. The van der Waals surface area contributed by atoms with Gasteiger partial charge in [0.2, 0.25) is 0 Å². The fraction of sp³-hybridized carbons (Fsp3) is 0.476. The third-order valence-electron chi connectivity index (χ3n) is 4.83. The standard InChI is InChI=1S/C21H26N2O6S/c1-4-5-10-28-21(26)18-13(2)12-30-20-17(19(25)23(18)20)22-16(24)11-29-15-8-6-14(27-3)7-9-15/h6-9,17,20H,4-5,10-12H2,1-3H3,(H,22,24)/t17-,20-/m1/s1. The lowest BCUT2D eigenvalue weighted by Crippen LogP contribution is -2.70. The third kappa shape index (κ3) is 4.72. The Morgan fingerprint density at radius 1 is 1.23 bits per heavy atom. The number of amides is 2. The van der Waals surface area contributed by atoms with Crippen molar-refractivity contribution in [2.45, 2.75) is 38.1 Å². The summed E-state index contributed by atoms with van der Waals surface area (Å²) < 4.78 is 15.8. The van der Waals surface area contributed by atoms with Gasteiger partial charge in [0, 0.05) is 5.75 Å². The van der Waals surface area contributed by atoms with E-state index in [-0.39, 0.29) is 17.9 Å². The van der Waals surface area contributed by atoms with Crippen LogP contribution in [0.1, 0.15) is 26.7 Å². The predicted octanol–water partition coefficient (Wildman–Crippen LogP) is 2.09. The molecule has 9 heteroatoms. The van der Waals surface area contributed by atoms with Crippen LogP contribution < -0.4 is 14.8 Å². The van der Waals surface area contributed by atoms with Gasteiger partial charge in [0.05, 0.1) is 13.7 Å². The van der Waals surface area contributed by atoms with Gasteiger partial charge in [-0.1, -0.05) is 13.3 Å². The number of ether oxygens (including phenoxy) is 3. The quantitative estimate of drug-likeness (QED) is 0.361. The van der Waals surface area contributed by atoms with Crippen LogP contribution in [-0.4, -0.2) is 60.2 Å². The van der Waals surface area contributed by atoms with Crippen molar-refractivity contribution in [3.8, 4) is 11.5 Å². The summed E-state index contributed by atoms with van der Waals surface area (Å²) in [4.78, 5) is 38.8. The van der Waals surface area contributed by atoms with Crippen molar-refractivity contribution < 1.29 is 28.6 Å². The molecule has 1 fully saturated rings. The highest BCUT2D eigenvalue weighted by Gasteiger charge is 2.53. The molecule has 0 bridgehead atoms. The zero-order chi connectivity index (χ0) is 21.7. The fourth-order valence-electron chi connectivity index (χ4n) is 3.18. The fourth-order valence-corrected chi connectivity index (χ4v) is 4.47. The van der Waals surface area contributed by atoms with Crippen LogP contribution in [0.4, 0.5) is 0 Å². The summed E-state index contributed by atoms with van der Waals surface area (Å²) in [5.74, 6) is 0.618. The first-order valence-electron chi connectivity index (χ1n) is 9.84. The van der Waals surface area contributed by atoms with Gasteiger partial charge in [0.1, 0.15) is 28.6 Å². The predicted molar refractivity (Wildman–Crippen MR) is 112 cm³/mol. The molecule has 30 heavy (non-hydrogen) atoms. The average molecular weight is 435 g/mol. The monoisotopic (exact) mass is 434 g/mol. The summed E-state index contributed by atoms with van der Waals surface area (Å²) >= 11 is 1.51. The molecule has 0 radical (unpaired) electrons. The van der Waals surface area contributed by atoms with E-state index in [1.807, 2.05) is 13.8 Å². The first-order valence-corrected chi connectivity index (χ1v) is 10.9. The summed E-state index contributed by atoms with van der Waals surface area (Å²) in [6.07, 6.45) is 1.69. The van der Waals surface area contributed by atoms with Crippen LogP contribution in [0, 0.1) is 0 Å². The lowest BCUT2D eigenvalue weighted by atomic mass is 10.0. The van der Waals surface area contributed by atoms with Crippen molar-refractivity contribution in [1.29, 1.82) is 0 Å². The Balaban J connectivity index is 1.54. The topological polar surface area (TPSA) is 94.2 Å². The molecule has 1 saturated heterocycles. The Labute approximate surface area is 179 Å². The first kappa shape index (κ1) is 22.0. The molecule has 0 aliphatic carbocycles. The van der Waals surface area contributed by atoms with Crippen molar-refractivity contribution >= 4 is 29.5 Å². The molecule has 0 unspecified atom stereocenters. The minimum atomic E-state index is -0.687. The van der Waals surface area contributed by atoms with Crippen LogP contribution in [-0.2, 0) is 19.1 Å². The van der Waals surface area contributed by atoms with Crippen LogP contribution in [0.2, 0.25) is 0 Å². The van der Waals surface area contributed by atoms with E-state index in [2.05, 4.69) is 5.32 Å². The Bertz CT molecular complexity index is 838. The Morgan fingerprint density at radius 2 is 1.93 bits per heavy atom. The Hall–Kier alpha value is -2.68. The number of esters is 1. The highest BCUT2D eigenvalue weighted by Crippen LogP contribution is 2.40. The van der Waals surface area contributed by atoms with Gasteiger partial charge < -0.3 is 19.5 Å². The van der Waals surface area contributed by atoms with Crippen LogP contribution in [0.5, 0.6) is 11.5 Å². The number of rotatable bonds is 9. The molecule has 1 N–H and O–H groups in total. The lowest BCUT2D eigenvalue weighted by Gasteiger charge is -2.49. The van der Waals surface area contributed by atoms with E-state index in [1.54, 1.807) is 31.4 Å². The maximum atomic E-state index is 12.7. The number of unbranched alkanes of at least 4 members (excludes halogenated alkanes) is 1. The highest BCUT2D eigenvalue weighted by atomic mass is 32.2. The highest BCUT2D eigenvalue weighted by molar-refractivity contribution is 8.00. The smallest absolute Gasteiger partial charge is 0.355 e. The lowest BCUT2D eigenvalue weighted by molar-refractivity contribution is -0.153. The van der Waals surface area contributed by atoms with Crippen molar-refractivity contribution in [2.24, 2.45) is 0 Å². The number of methoxy groups -OCH3 is 1. The molecular formula is C21H26N2O6S. The number of nitrogens with one attached hydrogen (secondary N) is 1.